The average Bonchev–Trinajstić information content (AvgIpc) is 2.28. The summed E-state index contributed by atoms with van der Waals surface area (Å²) >= 11 is 0. The first-order valence-corrected chi connectivity index (χ1v) is 4.10. The van der Waals surface area contributed by atoms with Gasteiger partial charge >= 0.3 is 0 Å². The normalized spacial score (nSPS) is 15.2. The maximum absolute atomic E-state index is 2.20. The van der Waals surface area contributed by atoms with Gasteiger partial charge < -0.3 is 9.80 Å². The Morgan fingerprint density at radius 1 is 1.00 bits per heavy atom. The van der Waals surface area contributed by atoms with Gasteiger partial charge in [-0.15, -0.1) is 0 Å². The summed E-state index contributed by atoms with van der Waals surface area (Å²) in [6.07, 6.45) is 0. The second-order valence-electron chi connectivity index (χ2n) is 3.33. The van der Waals surface area contributed by atoms with E-state index >= 15 is 0 Å². The van der Waals surface area contributed by atoms with Crippen molar-refractivity contribution < 1.29 is 0 Å². The molecule has 2 nitrogen and oxygen atoms in total. The van der Waals surface area contributed by atoms with Gasteiger partial charge in [-0.25, -0.2) is 0 Å². The molecule has 0 saturated heterocycles. The molecule has 1 aromatic carbocycles. The summed E-state index contributed by atoms with van der Waals surface area (Å²) in [6.45, 7) is 4.20. The lowest BCUT2D eigenvalue weighted by molar-refractivity contribution is 1.04. The molecule has 2 heteroatoms. The van der Waals surface area contributed by atoms with Crippen LogP contribution in [0.15, 0.2) is 18.2 Å². The molecular weight excluding hydrogens is 148 g/mol. The first-order chi connectivity index (χ1) is 5.68. The molecule has 12 heavy (non-hydrogen) atoms. The van der Waals surface area contributed by atoms with E-state index in [1.165, 1.54) is 16.9 Å². The molecule has 0 aromatic heterocycles. The fourth-order valence-corrected chi connectivity index (χ4v) is 1.60. The summed E-state index contributed by atoms with van der Waals surface area (Å²) in [4.78, 5) is 4.27. The minimum absolute atomic E-state index is 1.28. The molecule has 1 aliphatic rings. The molecule has 1 aliphatic heterocycles. The van der Waals surface area contributed by atoms with E-state index in [-0.39, 0.29) is 0 Å². The molecule has 0 aliphatic carbocycles. The van der Waals surface area contributed by atoms with E-state index in [4.69, 9.17) is 0 Å². The number of benzene rings is 1. The van der Waals surface area contributed by atoms with Gasteiger partial charge in [-0.05, 0) is 24.6 Å². The summed E-state index contributed by atoms with van der Waals surface area (Å²) in [6, 6.07) is 6.50. The van der Waals surface area contributed by atoms with Gasteiger partial charge in [0, 0.05) is 14.1 Å². The molecular formula is C10H13N2. The smallest absolute Gasteiger partial charge is 0.141 e. The van der Waals surface area contributed by atoms with Gasteiger partial charge in [-0.3, -0.25) is 0 Å². The van der Waals surface area contributed by atoms with E-state index < -0.39 is 0 Å². The second kappa shape index (κ2) is 2.41. The Kier molecular flexibility index (Phi) is 1.50. The molecule has 2 rings (SSSR count). The van der Waals surface area contributed by atoms with Crippen LogP contribution in [-0.2, 0) is 0 Å². The number of hydrogen-bond acceptors (Lipinski definition) is 2. The summed E-state index contributed by atoms with van der Waals surface area (Å²) in [5.41, 5.74) is 3.88. The van der Waals surface area contributed by atoms with E-state index in [1.54, 1.807) is 0 Å². The Balaban J connectivity index is 2.53. The van der Waals surface area contributed by atoms with Crippen molar-refractivity contribution in [2.45, 2.75) is 6.92 Å². The van der Waals surface area contributed by atoms with Crippen molar-refractivity contribution in [3.8, 4) is 0 Å². The van der Waals surface area contributed by atoms with Gasteiger partial charge in [0.15, 0.2) is 0 Å². The predicted molar refractivity (Wildman–Crippen MR) is 52.3 cm³/mol. The lowest BCUT2D eigenvalue weighted by Gasteiger charge is -2.10. The fraction of sp³-hybridized carbons (Fsp3) is 0.300. The quantitative estimate of drug-likeness (QED) is 0.574. The van der Waals surface area contributed by atoms with Crippen molar-refractivity contribution in [3.63, 3.8) is 0 Å². The van der Waals surface area contributed by atoms with Crippen LogP contribution in [0.25, 0.3) is 0 Å². The monoisotopic (exact) mass is 161 g/mol. The molecule has 0 saturated carbocycles. The van der Waals surface area contributed by atoms with Crippen LogP contribution in [0.1, 0.15) is 5.56 Å². The van der Waals surface area contributed by atoms with Crippen LogP contribution in [-0.4, -0.2) is 14.1 Å². The minimum atomic E-state index is 1.28. The zero-order valence-corrected chi connectivity index (χ0v) is 7.70. The van der Waals surface area contributed by atoms with Crippen LogP contribution in [0, 0.1) is 13.6 Å². The Morgan fingerprint density at radius 3 is 2.42 bits per heavy atom. The zero-order valence-electron chi connectivity index (χ0n) is 7.70. The molecule has 0 bridgehead atoms. The molecule has 0 N–H and O–H groups in total. The fourth-order valence-electron chi connectivity index (χ4n) is 1.60. The Hall–Kier alpha value is -1.18. The van der Waals surface area contributed by atoms with E-state index in [0.29, 0.717) is 0 Å². The van der Waals surface area contributed by atoms with Crippen LogP contribution in [0.2, 0.25) is 0 Å². The lowest BCUT2D eigenvalue weighted by atomic mass is 10.2. The maximum atomic E-state index is 2.20. The highest BCUT2D eigenvalue weighted by Crippen LogP contribution is 2.36. The molecule has 0 atom stereocenters. The van der Waals surface area contributed by atoms with Gasteiger partial charge in [-0.1, -0.05) is 6.07 Å². The number of nitrogens with zero attached hydrogens (tertiary/aromatic N) is 2. The van der Waals surface area contributed by atoms with Gasteiger partial charge in [0.05, 0.1) is 11.4 Å². The number of rotatable bonds is 0. The molecule has 1 heterocycles. The first kappa shape index (κ1) is 7.47. The molecule has 1 aromatic rings. The summed E-state index contributed by atoms with van der Waals surface area (Å²) < 4.78 is 0. The average molecular weight is 161 g/mol. The van der Waals surface area contributed by atoms with Crippen molar-refractivity contribution in [2.24, 2.45) is 0 Å². The number of fused-ring (bicyclic) bond motifs is 1. The van der Waals surface area contributed by atoms with Crippen molar-refractivity contribution >= 4 is 11.4 Å². The Morgan fingerprint density at radius 2 is 1.67 bits per heavy atom. The molecule has 0 amide bonds. The second-order valence-corrected chi connectivity index (χ2v) is 3.33. The SMILES string of the molecule is Cc1ccc2c(c1)N(C)[CH]N2C. The van der Waals surface area contributed by atoms with Crippen molar-refractivity contribution in [1.29, 1.82) is 0 Å². The summed E-state index contributed by atoms with van der Waals surface area (Å²) in [5, 5.41) is 0. The third-order valence-corrected chi connectivity index (χ3v) is 2.24. The molecule has 1 radical (unpaired) electrons. The number of aryl methyl sites for hydroxylation is 1. The van der Waals surface area contributed by atoms with E-state index in [2.05, 4.69) is 55.7 Å². The van der Waals surface area contributed by atoms with Gasteiger partial charge in [0.2, 0.25) is 0 Å². The first-order valence-electron chi connectivity index (χ1n) is 4.10. The maximum Gasteiger partial charge on any atom is 0.141 e. The van der Waals surface area contributed by atoms with E-state index in [9.17, 15) is 0 Å². The van der Waals surface area contributed by atoms with E-state index in [0.717, 1.165) is 0 Å². The number of hydrogen-bond donors (Lipinski definition) is 0. The highest BCUT2D eigenvalue weighted by atomic mass is 15.3. The van der Waals surface area contributed by atoms with Crippen molar-refractivity contribution in [2.75, 3.05) is 23.9 Å². The van der Waals surface area contributed by atoms with Crippen LogP contribution in [0.3, 0.4) is 0 Å². The highest BCUT2D eigenvalue weighted by molar-refractivity contribution is 5.78. The van der Waals surface area contributed by atoms with Crippen molar-refractivity contribution in [1.82, 2.24) is 0 Å². The topological polar surface area (TPSA) is 6.48 Å². The molecule has 0 unspecified atom stereocenters. The largest absolute Gasteiger partial charge is 0.349 e. The van der Waals surface area contributed by atoms with Crippen LogP contribution in [0.4, 0.5) is 11.4 Å². The lowest BCUT2D eigenvalue weighted by Crippen LogP contribution is -2.16. The predicted octanol–water partition coefficient (Wildman–Crippen LogP) is 2.00. The van der Waals surface area contributed by atoms with Crippen LogP contribution in [0.5, 0.6) is 0 Å². The minimum Gasteiger partial charge on any atom is -0.349 e. The Labute approximate surface area is 73.4 Å². The van der Waals surface area contributed by atoms with Crippen molar-refractivity contribution in [3.05, 3.63) is 30.4 Å². The van der Waals surface area contributed by atoms with Gasteiger partial charge in [0.1, 0.15) is 6.67 Å². The standard InChI is InChI=1S/C10H13N2/c1-8-4-5-9-10(6-8)12(3)7-11(9)2/h4-7H,1-3H3. The van der Waals surface area contributed by atoms with Gasteiger partial charge in [-0.2, -0.15) is 0 Å². The molecule has 63 valence electrons. The van der Waals surface area contributed by atoms with E-state index in [1.807, 2.05) is 0 Å². The molecule has 0 fully saturated rings. The number of anilines is 2. The third-order valence-electron chi connectivity index (χ3n) is 2.24. The van der Waals surface area contributed by atoms with Crippen LogP contribution < -0.4 is 9.80 Å². The zero-order chi connectivity index (χ0) is 8.72. The molecule has 0 spiro atoms. The van der Waals surface area contributed by atoms with Crippen LogP contribution >= 0.6 is 0 Å². The summed E-state index contributed by atoms with van der Waals surface area (Å²) in [7, 11) is 4.14. The third kappa shape index (κ3) is 0.951. The highest BCUT2D eigenvalue weighted by Gasteiger charge is 2.19. The van der Waals surface area contributed by atoms with Gasteiger partial charge in [0.25, 0.3) is 0 Å². The Bertz CT molecular complexity index is 307. The summed E-state index contributed by atoms with van der Waals surface area (Å²) in [5.74, 6) is 0.